The monoisotopic (exact) mass is 323 g/mol. The molecule has 0 bridgehead atoms. The number of aryl methyl sites for hydroxylation is 2. The molecule has 6 heteroatoms. The topological polar surface area (TPSA) is 72.7 Å². The van der Waals surface area contributed by atoms with E-state index in [0.29, 0.717) is 22.6 Å². The van der Waals surface area contributed by atoms with Gasteiger partial charge in [-0.2, -0.15) is 0 Å². The van der Waals surface area contributed by atoms with Gasteiger partial charge in [0, 0.05) is 11.9 Å². The molecule has 0 aliphatic heterocycles. The van der Waals surface area contributed by atoms with Crippen LogP contribution in [0.4, 0.5) is 5.69 Å². The highest BCUT2D eigenvalue weighted by atomic mass is 16.5. The predicted molar refractivity (Wildman–Crippen MR) is 90.4 cm³/mol. The van der Waals surface area contributed by atoms with E-state index >= 15 is 0 Å². The summed E-state index contributed by atoms with van der Waals surface area (Å²) >= 11 is 0. The summed E-state index contributed by atoms with van der Waals surface area (Å²) in [6, 6.07) is 10.4. The van der Waals surface area contributed by atoms with E-state index < -0.39 is 5.97 Å². The number of imidazole rings is 1. The lowest BCUT2D eigenvalue weighted by atomic mass is 10.2. The van der Waals surface area contributed by atoms with E-state index in [0.717, 1.165) is 11.2 Å². The van der Waals surface area contributed by atoms with Crippen molar-refractivity contribution in [1.82, 2.24) is 9.38 Å². The third-order valence-corrected chi connectivity index (χ3v) is 3.78. The first-order valence-electron chi connectivity index (χ1n) is 7.45. The number of pyridine rings is 1. The number of benzene rings is 1. The molecule has 0 saturated carbocycles. The standard InChI is InChI=1S/C18H17N3O3/c1-11-6-5-9-21-15(12(2)19-16(11)21)17(22)20-14-8-4-7-13(10-14)18(23)24-3/h4-10H,1-3H3,(H,20,22). The third kappa shape index (κ3) is 2.74. The lowest BCUT2D eigenvalue weighted by molar-refractivity contribution is 0.0600. The van der Waals surface area contributed by atoms with E-state index in [4.69, 9.17) is 4.74 Å². The first kappa shape index (κ1) is 15.7. The molecule has 0 atom stereocenters. The summed E-state index contributed by atoms with van der Waals surface area (Å²) in [4.78, 5) is 28.7. The van der Waals surface area contributed by atoms with Gasteiger partial charge in [-0.25, -0.2) is 9.78 Å². The van der Waals surface area contributed by atoms with Gasteiger partial charge in [-0.15, -0.1) is 0 Å². The minimum atomic E-state index is -0.451. The van der Waals surface area contributed by atoms with Gasteiger partial charge in [0.05, 0.1) is 18.4 Å². The van der Waals surface area contributed by atoms with Crippen molar-refractivity contribution >= 4 is 23.2 Å². The Kier molecular flexibility index (Phi) is 4.04. The largest absolute Gasteiger partial charge is 0.465 e. The van der Waals surface area contributed by atoms with E-state index in [1.54, 1.807) is 35.6 Å². The minimum Gasteiger partial charge on any atom is -0.465 e. The van der Waals surface area contributed by atoms with Crippen molar-refractivity contribution in [1.29, 1.82) is 0 Å². The number of methoxy groups -OCH3 is 1. The number of carbonyl (C=O) groups is 2. The fraction of sp³-hybridized carbons (Fsp3) is 0.167. The van der Waals surface area contributed by atoms with E-state index in [2.05, 4.69) is 10.3 Å². The Labute approximate surface area is 139 Å². The quantitative estimate of drug-likeness (QED) is 0.752. The molecule has 3 aromatic rings. The molecular formula is C18H17N3O3. The number of fused-ring (bicyclic) bond motifs is 1. The summed E-state index contributed by atoms with van der Waals surface area (Å²) in [7, 11) is 1.32. The second kappa shape index (κ2) is 6.16. The zero-order valence-electron chi connectivity index (χ0n) is 13.7. The van der Waals surface area contributed by atoms with Gasteiger partial charge in [0.15, 0.2) is 0 Å². The average Bonchev–Trinajstić information content (AvgIpc) is 2.92. The predicted octanol–water partition coefficient (Wildman–Crippen LogP) is 2.99. The minimum absolute atomic E-state index is 0.285. The molecule has 0 fully saturated rings. The van der Waals surface area contributed by atoms with Crippen LogP contribution in [-0.2, 0) is 4.74 Å². The molecule has 6 nitrogen and oxygen atoms in total. The van der Waals surface area contributed by atoms with Crippen LogP contribution >= 0.6 is 0 Å². The summed E-state index contributed by atoms with van der Waals surface area (Å²) in [6.45, 7) is 3.75. The normalized spacial score (nSPS) is 10.6. The van der Waals surface area contributed by atoms with Crippen molar-refractivity contribution in [3.8, 4) is 0 Å². The summed E-state index contributed by atoms with van der Waals surface area (Å²) in [5.74, 6) is -0.736. The molecule has 0 radical (unpaired) electrons. The van der Waals surface area contributed by atoms with E-state index in [1.165, 1.54) is 7.11 Å². The van der Waals surface area contributed by atoms with Gasteiger partial charge in [0.1, 0.15) is 11.3 Å². The highest BCUT2D eigenvalue weighted by molar-refractivity contribution is 6.05. The number of amides is 1. The van der Waals surface area contributed by atoms with Crippen LogP contribution in [0.25, 0.3) is 5.65 Å². The Morgan fingerprint density at radius 3 is 2.71 bits per heavy atom. The zero-order chi connectivity index (χ0) is 17.3. The van der Waals surface area contributed by atoms with Crippen LogP contribution in [0.3, 0.4) is 0 Å². The Balaban J connectivity index is 1.95. The number of nitrogens with zero attached hydrogens (tertiary/aromatic N) is 2. The number of rotatable bonds is 3. The number of ether oxygens (including phenoxy) is 1. The Morgan fingerprint density at radius 2 is 1.96 bits per heavy atom. The second-order valence-electron chi connectivity index (χ2n) is 5.46. The molecule has 3 rings (SSSR count). The molecule has 122 valence electrons. The molecule has 1 amide bonds. The van der Waals surface area contributed by atoms with Crippen molar-refractivity contribution < 1.29 is 14.3 Å². The first-order chi connectivity index (χ1) is 11.5. The lowest BCUT2D eigenvalue weighted by Crippen LogP contribution is -2.16. The van der Waals surface area contributed by atoms with Gasteiger partial charge in [-0.1, -0.05) is 12.1 Å². The maximum atomic E-state index is 12.7. The summed E-state index contributed by atoms with van der Waals surface area (Å²) in [5.41, 5.74) is 3.75. The van der Waals surface area contributed by atoms with E-state index in [9.17, 15) is 9.59 Å². The fourth-order valence-corrected chi connectivity index (χ4v) is 2.62. The molecule has 0 spiro atoms. The molecule has 2 heterocycles. The molecule has 24 heavy (non-hydrogen) atoms. The Morgan fingerprint density at radius 1 is 1.17 bits per heavy atom. The van der Waals surface area contributed by atoms with Gasteiger partial charge in [-0.3, -0.25) is 9.20 Å². The molecule has 1 N–H and O–H groups in total. The van der Waals surface area contributed by atoms with Gasteiger partial charge in [-0.05, 0) is 43.7 Å². The van der Waals surface area contributed by atoms with Crippen LogP contribution in [0.2, 0.25) is 0 Å². The van der Waals surface area contributed by atoms with Crippen LogP contribution in [0.5, 0.6) is 0 Å². The molecular weight excluding hydrogens is 306 g/mol. The van der Waals surface area contributed by atoms with E-state index in [1.807, 2.05) is 25.3 Å². The first-order valence-corrected chi connectivity index (χ1v) is 7.45. The number of anilines is 1. The molecule has 1 aromatic carbocycles. The molecule has 0 aliphatic rings. The average molecular weight is 323 g/mol. The number of hydrogen-bond donors (Lipinski definition) is 1. The van der Waals surface area contributed by atoms with Crippen molar-refractivity contribution in [3.63, 3.8) is 0 Å². The molecule has 0 aliphatic carbocycles. The van der Waals surface area contributed by atoms with Crippen LogP contribution in [-0.4, -0.2) is 28.4 Å². The van der Waals surface area contributed by atoms with Gasteiger partial charge < -0.3 is 10.1 Å². The van der Waals surface area contributed by atoms with Crippen molar-refractivity contribution in [2.75, 3.05) is 12.4 Å². The van der Waals surface area contributed by atoms with Crippen molar-refractivity contribution in [2.24, 2.45) is 0 Å². The molecule has 0 saturated heterocycles. The molecule has 0 unspecified atom stereocenters. The summed E-state index contributed by atoms with van der Waals surface area (Å²) in [6.07, 6.45) is 1.81. The van der Waals surface area contributed by atoms with Crippen molar-refractivity contribution in [2.45, 2.75) is 13.8 Å². The number of nitrogens with one attached hydrogen (secondary N) is 1. The number of carbonyl (C=O) groups excluding carboxylic acids is 2. The van der Waals surface area contributed by atoms with E-state index in [-0.39, 0.29) is 5.91 Å². The highest BCUT2D eigenvalue weighted by Gasteiger charge is 2.18. The number of esters is 1. The maximum absolute atomic E-state index is 12.7. The van der Waals surface area contributed by atoms with Crippen LogP contribution in [0.15, 0.2) is 42.6 Å². The van der Waals surface area contributed by atoms with Gasteiger partial charge >= 0.3 is 5.97 Å². The van der Waals surface area contributed by atoms with Crippen LogP contribution in [0, 0.1) is 13.8 Å². The van der Waals surface area contributed by atoms with Gasteiger partial charge in [0.25, 0.3) is 5.91 Å². The Bertz CT molecular complexity index is 944. The van der Waals surface area contributed by atoms with Crippen LogP contribution < -0.4 is 5.32 Å². The maximum Gasteiger partial charge on any atom is 0.337 e. The zero-order valence-corrected chi connectivity index (χ0v) is 13.7. The number of hydrogen-bond acceptors (Lipinski definition) is 4. The van der Waals surface area contributed by atoms with Crippen LogP contribution in [0.1, 0.15) is 32.1 Å². The SMILES string of the molecule is COC(=O)c1cccc(NC(=O)c2c(C)nc3c(C)cccn23)c1. The number of aromatic nitrogens is 2. The Hall–Kier alpha value is -3.15. The second-order valence-corrected chi connectivity index (χ2v) is 5.46. The smallest absolute Gasteiger partial charge is 0.337 e. The molecule has 2 aromatic heterocycles. The summed E-state index contributed by atoms with van der Waals surface area (Å²) in [5, 5.41) is 2.81. The van der Waals surface area contributed by atoms with Gasteiger partial charge in [0.2, 0.25) is 0 Å². The highest BCUT2D eigenvalue weighted by Crippen LogP contribution is 2.18. The van der Waals surface area contributed by atoms with Crippen molar-refractivity contribution in [3.05, 3.63) is 65.1 Å². The lowest BCUT2D eigenvalue weighted by Gasteiger charge is -2.08. The fourth-order valence-electron chi connectivity index (χ4n) is 2.62. The summed E-state index contributed by atoms with van der Waals surface area (Å²) < 4.78 is 6.46. The third-order valence-electron chi connectivity index (χ3n) is 3.78.